The number of hydrogen-bond donors (Lipinski definition) is 2. The maximum Gasteiger partial charge on any atom is 0.407 e. The SMILES string of the molecule is COC[C@H](NC(=O)OCC1c2ccccc2-c2ccccc21)C(=O)N1CC(C)(C(=O)O)C1. The first-order valence-corrected chi connectivity index (χ1v) is 10.5. The maximum atomic E-state index is 12.7. The Kier molecular flexibility index (Phi) is 5.88. The van der Waals surface area contributed by atoms with E-state index in [1.165, 1.54) is 12.0 Å². The summed E-state index contributed by atoms with van der Waals surface area (Å²) < 4.78 is 10.6. The first kappa shape index (κ1) is 21.8. The fourth-order valence-corrected chi connectivity index (χ4v) is 4.43. The van der Waals surface area contributed by atoms with Crippen molar-refractivity contribution in [1.82, 2.24) is 10.2 Å². The third kappa shape index (κ3) is 3.93. The van der Waals surface area contributed by atoms with Crippen LogP contribution in [0.5, 0.6) is 0 Å². The van der Waals surface area contributed by atoms with E-state index in [0.29, 0.717) is 0 Å². The number of likely N-dealkylation sites (tertiary alicyclic amines) is 1. The van der Waals surface area contributed by atoms with Gasteiger partial charge in [0, 0.05) is 26.1 Å². The van der Waals surface area contributed by atoms with E-state index in [1.54, 1.807) is 6.92 Å². The smallest absolute Gasteiger partial charge is 0.407 e. The Hall–Kier alpha value is -3.39. The quantitative estimate of drug-likeness (QED) is 0.688. The fourth-order valence-electron chi connectivity index (χ4n) is 4.43. The lowest BCUT2D eigenvalue weighted by atomic mass is 9.81. The first-order chi connectivity index (χ1) is 15.3. The average Bonchev–Trinajstić information content (AvgIpc) is 3.08. The zero-order valence-corrected chi connectivity index (χ0v) is 18.0. The Labute approximate surface area is 186 Å². The number of aliphatic carboxylic acids is 1. The second-order valence-electron chi connectivity index (χ2n) is 8.54. The molecule has 0 bridgehead atoms. The number of amides is 2. The Balaban J connectivity index is 1.39. The minimum Gasteiger partial charge on any atom is -0.481 e. The zero-order chi connectivity index (χ0) is 22.9. The van der Waals surface area contributed by atoms with Gasteiger partial charge in [0.15, 0.2) is 0 Å². The molecular formula is C24H26N2O6. The van der Waals surface area contributed by atoms with Gasteiger partial charge < -0.3 is 24.8 Å². The number of carboxylic acid groups (broad SMARTS) is 1. The van der Waals surface area contributed by atoms with Gasteiger partial charge in [0.05, 0.1) is 6.61 Å². The van der Waals surface area contributed by atoms with Gasteiger partial charge in [-0.1, -0.05) is 48.5 Å². The van der Waals surface area contributed by atoms with Gasteiger partial charge in [-0.05, 0) is 29.2 Å². The highest BCUT2D eigenvalue weighted by atomic mass is 16.5. The largest absolute Gasteiger partial charge is 0.481 e. The Morgan fingerprint density at radius 1 is 1.09 bits per heavy atom. The molecule has 0 spiro atoms. The minimum absolute atomic E-state index is 0.0384. The summed E-state index contributed by atoms with van der Waals surface area (Å²) in [7, 11) is 1.43. The van der Waals surface area contributed by atoms with Crippen molar-refractivity contribution in [2.75, 3.05) is 33.4 Å². The number of carbonyl (C=O) groups is 3. The molecular weight excluding hydrogens is 412 g/mol. The molecule has 4 rings (SSSR count). The number of carbonyl (C=O) groups excluding carboxylic acids is 2. The standard InChI is InChI=1S/C24H26N2O6/c1-24(22(28)29)13-26(14-24)21(27)20(12-31-2)25-23(30)32-11-19-17-9-5-3-7-15(17)16-8-4-6-10-18(16)19/h3-10,19-20H,11-14H2,1-2H3,(H,25,30)(H,28,29)/t20-/m0/s1. The van der Waals surface area contributed by atoms with E-state index < -0.39 is 23.5 Å². The monoisotopic (exact) mass is 438 g/mol. The van der Waals surface area contributed by atoms with Crippen LogP contribution in [0.2, 0.25) is 0 Å². The number of benzene rings is 2. The molecule has 0 aromatic heterocycles. The van der Waals surface area contributed by atoms with E-state index in [1.807, 2.05) is 36.4 Å². The third-order valence-electron chi connectivity index (χ3n) is 6.17. The summed E-state index contributed by atoms with van der Waals surface area (Å²) in [6.07, 6.45) is -0.719. The summed E-state index contributed by atoms with van der Waals surface area (Å²) in [5.74, 6) is -1.43. The van der Waals surface area contributed by atoms with Crippen LogP contribution < -0.4 is 5.32 Å². The summed E-state index contributed by atoms with van der Waals surface area (Å²) >= 11 is 0. The number of alkyl carbamates (subject to hydrolysis) is 1. The van der Waals surface area contributed by atoms with E-state index in [-0.39, 0.29) is 38.1 Å². The summed E-state index contributed by atoms with van der Waals surface area (Å²) in [5, 5.41) is 11.8. The summed E-state index contributed by atoms with van der Waals surface area (Å²) in [6, 6.07) is 15.1. The number of ether oxygens (including phenoxy) is 2. The third-order valence-corrected chi connectivity index (χ3v) is 6.17. The van der Waals surface area contributed by atoms with Crippen molar-refractivity contribution in [2.24, 2.45) is 5.41 Å². The highest BCUT2D eigenvalue weighted by Crippen LogP contribution is 2.44. The average molecular weight is 438 g/mol. The van der Waals surface area contributed by atoms with Crippen molar-refractivity contribution in [3.63, 3.8) is 0 Å². The molecule has 0 unspecified atom stereocenters. The molecule has 1 atom stereocenters. The molecule has 8 heteroatoms. The van der Waals surface area contributed by atoms with E-state index in [9.17, 15) is 19.5 Å². The number of hydrogen-bond acceptors (Lipinski definition) is 5. The lowest BCUT2D eigenvalue weighted by Gasteiger charge is -2.45. The van der Waals surface area contributed by atoms with Crippen molar-refractivity contribution in [3.8, 4) is 11.1 Å². The van der Waals surface area contributed by atoms with Crippen molar-refractivity contribution in [1.29, 1.82) is 0 Å². The number of methoxy groups -OCH3 is 1. The van der Waals surface area contributed by atoms with E-state index in [0.717, 1.165) is 22.3 Å². The van der Waals surface area contributed by atoms with Crippen molar-refractivity contribution in [2.45, 2.75) is 18.9 Å². The molecule has 1 aliphatic carbocycles. The molecule has 8 nitrogen and oxygen atoms in total. The topological polar surface area (TPSA) is 105 Å². The normalized spacial score (nSPS) is 17.0. The molecule has 1 saturated heterocycles. The van der Waals surface area contributed by atoms with Gasteiger partial charge in [-0.3, -0.25) is 9.59 Å². The van der Waals surface area contributed by atoms with Crippen LogP contribution in [0, 0.1) is 5.41 Å². The van der Waals surface area contributed by atoms with Crippen LogP contribution >= 0.6 is 0 Å². The lowest BCUT2D eigenvalue weighted by molar-refractivity contribution is -0.165. The molecule has 2 aliphatic rings. The van der Waals surface area contributed by atoms with Crippen LogP contribution in [0.25, 0.3) is 11.1 Å². The van der Waals surface area contributed by atoms with Crippen LogP contribution in [0.15, 0.2) is 48.5 Å². The van der Waals surface area contributed by atoms with Crippen molar-refractivity contribution in [3.05, 3.63) is 59.7 Å². The number of nitrogens with zero attached hydrogens (tertiary/aromatic N) is 1. The second-order valence-corrected chi connectivity index (χ2v) is 8.54. The van der Waals surface area contributed by atoms with Gasteiger partial charge in [-0.2, -0.15) is 0 Å². The van der Waals surface area contributed by atoms with Crippen molar-refractivity contribution >= 4 is 18.0 Å². The van der Waals surface area contributed by atoms with Crippen LogP contribution in [-0.2, 0) is 19.1 Å². The predicted octanol–water partition coefficient (Wildman–Crippen LogP) is 2.47. The Morgan fingerprint density at radius 2 is 1.66 bits per heavy atom. The summed E-state index contributed by atoms with van der Waals surface area (Å²) in [6.45, 7) is 1.86. The van der Waals surface area contributed by atoms with E-state index in [4.69, 9.17) is 9.47 Å². The molecule has 2 aromatic rings. The van der Waals surface area contributed by atoms with Crippen LogP contribution in [-0.4, -0.2) is 67.4 Å². The highest BCUT2D eigenvalue weighted by molar-refractivity contribution is 5.89. The zero-order valence-electron chi connectivity index (χ0n) is 18.0. The molecule has 2 N–H and O–H groups in total. The van der Waals surface area contributed by atoms with Gasteiger partial charge in [-0.15, -0.1) is 0 Å². The van der Waals surface area contributed by atoms with E-state index in [2.05, 4.69) is 17.4 Å². The molecule has 2 aromatic carbocycles. The highest BCUT2D eigenvalue weighted by Gasteiger charge is 2.48. The molecule has 1 heterocycles. The maximum absolute atomic E-state index is 12.7. The molecule has 1 fully saturated rings. The molecule has 0 saturated carbocycles. The predicted molar refractivity (Wildman–Crippen MR) is 116 cm³/mol. The molecule has 1 aliphatic heterocycles. The van der Waals surface area contributed by atoms with Gasteiger partial charge in [0.25, 0.3) is 0 Å². The van der Waals surface area contributed by atoms with Crippen molar-refractivity contribution < 1.29 is 29.0 Å². The van der Waals surface area contributed by atoms with Crippen LogP contribution in [0.4, 0.5) is 4.79 Å². The fraction of sp³-hybridized carbons (Fsp3) is 0.375. The van der Waals surface area contributed by atoms with Crippen LogP contribution in [0.1, 0.15) is 24.0 Å². The van der Waals surface area contributed by atoms with Gasteiger partial charge in [0.1, 0.15) is 18.1 Å². The number of carboxylic acids is 1. The lowest BCUT2D eigenvalue weighted by Crippen LogP contribution is -2.64. The van der Waals surface area contributed by atoms with E-state index >= 15 is 0 Å². The van der Waals surface area contributed by atoms with Gasteiger partial charge in [-0.25, -0.2) is 4.79 Å². The number of nitrogens with one attached hydrogen (secondary N) is 1. The molecule has 0 radical (unpaired) electrons. The number of fused-ring (bicyclic) bond motifs is 3. The van der Waals surface area contributed by atoms with Gasteiger partial charge in [0.2, 0.25) is 5.91 Å². The molecule has 168 valence electrons. The minimum atomic E-state index is -0.961. The van der Waals surface area contributed by atoms with Gasteiger partial charge >= 0.3 is 12.1 Å². The molecule has 2 amide bonds. The Morgan fingerprint density at radius 3 is 2.19 bits per heavy atom. The molecule has 32 heavy (non-hydrogen) atoms. The first-order valence-electron chi connectivity index (χ1n) is 10.5. The summed E-state index contributed by atoms with van der Waals surface area (Å²) in [4.78, 5) is 37.9. The summed E-state index contributed by atoms with van der Waals surface area (Å²) in [5.41, 5.74) is 3.49. The van der Waals surface area contributed by atoms with Crippen LogP contribution in [0.3, 0.4) is 0 Å². The second kappa shape index (κ2) is 8.63. The number of rotatable bonds is 7. The Bertz CT molecular complexity index is 1000.